The van der Waals surface area contributed by atoms with Gasteiger partial charge in [0.25, 0.3) is 0 Å². The number of unbranched alkanes of at least 4 members (excludes halogenated alkanes) is 6. The number of amides is 1. The summed E-state index contributed by atoms with van der Waals surface area (Å²) in [5.41, 5.74) is 0. The van der Waals surface area contributed by atoms with Crippen molar-refractivity contribution in [2.75, 3.05) is 13.1 Å². The molecule has 3 nitrogen and oxygen atoms in total. The number of rotatable bonds is 11. The zero-order chi connectivity index (χ0) is 13.6. The molecule has 0 unspecified atom stereocenters. The van der Waals surface area contributed by atoms with E-state index in [1.54, 1.807) is 0 Å². The molecule has 1 amide bonds. The molecule has 0 spiro atoms. The van der Waals surface area contributed by atoms with Gasteiger partial charge in [-0.2, -0.15) is 5.26 Å². The third-order valence-electron chi connectivity index (χ3n) is 3.15. The van der Waals surface area contributed by atoms with Gasteiger partial charge in [0.15, 0.2) is 0 Å². The van der Waals surface area contributed by atoms with Crippen molar-refractivity contribution in [3.8, 4) is 6.07 Å². The van der Waals surface area contributed by atoms with E-state index in [0.29, 0.717) is 0 Å². The van der Waals surface area contributed by atoms with Crippen molar-refractivity contribution in [1.29, 1.82) is 5.26 Å². The molecule has 0 aliphatic carbocycles. The molecule has 0 fully saturated rings. The monoisotopic (exact) mass is 252 g/mol. The van der Waals surface area contributed by atoms with Crippen LogP contribution in [0.3, 0.4) is 0 Å². The van der Waals surface area contributed by atoms with Gasteiger partial charge in [-0.3, -0.25) is 4.79 Å². The van der Waals surface area contributed by atoms with Crippen molar-refractivity contribution in [1.82, 2.24) is 4.90 Å². The molecular formula is C15H28N2O. The fourth-order valence-electron chi connectivity index (χ4n) is 2.00. The molecular weight excluding hydrogens is 224 g/mol. The van der Waals surface area contributed by atoms with E-state index in [-0.39, 0.29) is 12.3 Å². The first-order valence-corrected chi connectivity index (χ1v) is 7.41. The topological polar surface area (TPSA) is 44.1 Å². The van der Waals surface area contributed by atoms with Gasteiger partial charge < -0.3 is 4.90 Å². The minimum absolute atomic E-state index is 0.00509. The van der Waals surface area contributed by atoms with E-state index in [2.05, 4.69) is 13.8 Å². The highest BCUT2D eigenvalue weighted by Crippen LogP contribution is 2.06. The lowest BCUT2D eigenvalue weighted by molar-refractivity contribution is -0.130. The third kappa shape index (κ3) is 9.04. The van der Waals surface area contributed by atoms with Crippen LogP contribution in [0, 0.1) is 11.3 Å². The minimum Gasteiger partial charge on any atom is -0.342 e. The van der Waals surface area contributed by atoms with E-state index in [4.69, 9.17) is 5.26 Å². The maximum Gasteiger partial charge on any atom is 0.236 e. The Labute approximate surface area is 112 Å². The summed E-state index contributed by atoms with van der Waals surface area (Å²) in [5, 5.41) is 8.61. The summed E-state index contributed by atoms with van der Waals surface area (Å²) in [7, 11) is 0. The Morgan fingerprint density at radius 3 is 1.83 bits per heavy atom. The van der Waals surface area contributed by atoms with E-state index < -0.39 is 0 Å². The lowest BCUT2D eigenvalue weighted by Crippen LogP contribution is -2.32. The summed E-state index contributed by atoms with van der Waals surface area (Å²) < 4.78 is 0. The van der Waals surface area contributed by atoms with E-state index in [1.165, 1.54) is 38.5 Å². The van der Waals surface area contributed by atoms with Crippen molar-refractivity contribution >= 4 is 5.91 Å². The van der Waals surface area contributed by atoms with Gasteiger partial charge in [0.2, 0.25) is 5.91 Å². The van der Waals surface area contributed by atoms with Crippen LogP contribution in [0.1, 0.15) is 71.6 Å². The largest absolute Gasteiger partial charge is 0.342 e. The second kappa shape index (κ2) is 12.4. The lowest BCUT2D eigenvalue weighted by Gasteiger charge is -2.21. The Balaban J connectivity index is 3.92. The molecule has 0 rings (SSSR count). The van der Waals surface area contributed by atoms with Crippen LogP contribution in [0.4, 0.5) is 0 Å². The molecule has 0 atom stereocenters. The Kier molecular flexibility index (Phi) is 11.7. The molecule has 0 saturated heterocycles. The van der Waals surface area contributed by atoms with Gasteiger partial charge in [0.05, 0.1) is 6.07 Å². The van der Waals surface area contributed by atoms with Crippen molar-refractivity contribution in [3.05, 3.63) is 0 Å². The van der Waals surface area contributed by atoms with E-state index in [1.807, 2.05) is 11.0 Å². The number of nitriles is 1. The highest BCUT2D eigenvalue weighted by atomic mass is 16.2. The summed E-state index contributed by atoms with van der Waals surface area (Å²) in [6.07, 6.45) is 9.42. The van der Waals surface area contributed by atoms with Gasteiger partial charge in [0, 0.05) is 13.1 Å². The predicted octanol–water partition coefficient (Wildman–Crippen LogP) is 3.89. The average molecular weight is 252 g/mol. The van der Waals surface area contributed by atoms with Gasteiger partial charge in [-0.15, -0.1) is 0 Å². The van der Waals surface area contributed by atoms with Crippen LogP contribution in [0.2, 0.25) is 0 Å². The van der Waals surface area contributed by atoms with Gasteiger partial charge in [-0.05, 0) is 12.8 Å². The van der Waals surface area contributed by atoms with E-state index in [9.17, 15) is 4.79 Å². The van der Waals surface area contributed by atoms with Crippen LogP contribution in [-0.4, -0.2) is 23.9 Å². The highest BCUT2D eigenvalue weighted by molar-refractivity contribution is 5.78. The van der Waals surface area contributed by atoms with Gasteiger partial charge in [-0.25, -0.2) is 0 Å². The van der Waals surface area contributed by atoms with E-state index >= 15 is 0 Å². The number of carbonyl (C=O) groups is 1. The maximum atomic E-state index is 11.8. The SMILES string of the molecule is CCCCCCN(CCCCCC)C(=O)CC#N. The first-order chi connectivity index (χ1) is 8.76. The number of hydrogen-bond donors (Lipinski definition) is 0. The molecule has 0 aliphatic heterocycles. The summed E-state index contributed by atoms with van der Waals surface area (Å²) in [6.45, 7) is 6.02. The Morgan fingerprint density at radius 1 is 0.944 bits per heavy atom. The van der Waals surface area contributed by atoms with Gasteiger partial charge in [0.1, 0.15) is 6.42 Å². The second-order valence-corrected chi connectivity index (χ2v) is 4.84. The maximum absolute atomic E-state index is 11.8. The molecule has 3 heteroatoms. The molecule has 0 heterocycles. The van der Waals surface area contributed by atoms with Gasteiger partial charge >= 0.3 is 0 Å². The number of nitrogens with zero attached hydrogens (tertiary/aromatic N) is 2. The summed E-state index contributed by atoms with van der Waals surface area (Å²) >= 11 is 0. The quantitative estimate of drug-likeness (QED) is 0.524. The molecule has 0 saturated carbocycles. The summed E-state index contributed by atoms with van der Waals surface area (Å²) in [6, 6.07) is 1.96. The molecule has 0 N–H and O–H groups in total. The number of hydrogen-bond acceptors (Lipinski definition) is 2. The zero-order valence-electron chi connectivity index (χ0n) is 12.1. The van der Waals surface area contributed by atoms with Gasteiger partial charge in [-0.1, -0.05) is 52.4 Å². The fourth-order valence-corrected chi connectivity index (χ4v) is 2.00. The Bertz CT molecular complexity index is 233. The normalized spacial score (nSPS) is 10.1. The minimum atomic E-state index is 0.00509. The second-order valence-electron chi connectivity index (χ2n) is 4.84. The molecule has 0 aromatic rings. The standard InChI is InChI=1S/C15H28N2O/c1-3-5-7-9-13-17(15(18)11-12-16)14-10-8-6-4-2/h3-11,13-14H2,1-2H3. The lowest BCUT2D eigenvalue weighted by atomic mass is 10.1. The molecule has 0 aromatic heterocycles. The van der Waals surface area contributed by atoms with Crippen molar-refractivity contribution in [3.63, 3.8) is 0 Å². The molecule has 0 radical (unpaired) electrons. The molecule has 104 valence electrons. The fraction of sp³-hybridized carbons (Fsp3) is 0.867. The molecule has 18 heavy (non-hydrogen) atoms. The molecule has 0 aliphatic rings. The molecule has 0 bridgehead atoms. The summed E-state index contributed by atoms with van der Waals surface area (Å²) in [5.74, 6) is 0.00509. The zero-order valence-corrected chi connectivity index (χ0v) is 12.1. The number of carbonyl (C=O) groups excluding carboxylic acids is 1. The van der Waals surface area contributed by atoms with Crippen LogP contribution >= 0.6 is 0 Å². The van der Waals surface area contributed by atoms with Crippen LogP contribution in [0.5, 0.6) is 0 Å². The first-order valence-electron chi connectivity index (χ1n) is 7.41. The molecule has 0 aromatic carbocycles. The van der Waals surface area contributed by atoms with Crippen LogP contribution in [0.15, 0.2) is 0 Å². The smallest absolute Gasteiger partial charge is 0.236 e. The Morgan fingerprint density at radius 2 is 1.44 bits per heavy atom. The highest BCUT2D eigenvalue weighted by Gasteiger charge is 2.11. The predicted molar refractivity (Wildman–Crippen MR) is 75.1 cm³/mol. The van der Waals surface area contributed by atoms with Crippen molar-refractivity contribution in [2.24, 2.45) is 0 Å². The van der Waals surface area contributed by atoms with Crippen LogP contribution in [-0.2, 0) is 4.79 Å². The average Bonchev–Trinajstić information content (AvgIpc) is 2.37. The third-order valence-corrected chi connectivity index (χ3v) is 3.15. The first kappa shape index (κ1) is 17.0. The van der Waals surface area contributed by atoms with Crippen LogP contribution < -0.4 is 0 Å². The van der Waals surface area contributed by atoms with E-state index in [0.717, 1.165) is 25.9 Å². The van der Waals surface area contributed by atoms with Crippen molar-refractivity contribution in [2.45, 2.75) is 71.6 Å². The van der Waals surface area contributed by atoms with Crippen molar-refractivity contribution < 1.29 is 4.79 Å². The van der Waals surface area contributed by atoms with Crippen LogP contribution in [0.25, 0.3) is 0 Å². The Hall–Kier alpha value is -1.04. The summed E-state index contributed by atoms with van der Waals surface area (Å²) in [4.78, 5) is 13.7.